The number of aromatic nitrogens is 1. The molecule has 0 N–H and O–H groups in total. The summed E-state index contributed by atoms with van der Waals surface area (Å²) in [4.78, 5) is 0. The first-order chi connectivity index (χ1) is 5.51. The molecule has 0 saturated heterocycles. The average molecular weight is 210 g/mol. The van der Waals surface area contributed by atoms with Crippen molar-refractivity contribution in [1.82, 2.24) is 5.16 Å². The molecule has 0 aromatic carbocycles. The molecule has 0 aliphatic carbocycles. The highest BCUT2D eigenvalue weighted by Crippen LogP contribution is 2.10. The number of rotatable bonds is 3. The van der Waals surface area contributed by atoms with E-state index < -0.39 is 9.05 Å². The van der Waals surface area contributed by atoms with Gasteiger partial charge in [0.1, 0.15) is 17.2 Å². The molecule has 0 unspecified atom stereocenters. The Bertz CT molecular complexity index is 357. The first-order valence-electron chi connectivity index (χ1n) is 3.38. The molecule has 12 heavy (non-hydrogen) atoms. The zero-order valence-electron chi connectivity index (χ0n) is 6.45. The van der Waals surface area contributed by atoms with E-state index in [-0.39, 0.29) is 5.75 Å². The third-order valence-corrected chi connectivity index (χ3v) is 2.24. The molecule has 0 bridgehead atoms. The van der Waals surface area contributed by atoms with Crippen LogP contribution < -0.4 is 0 Å². The molecule has 0 amide bonds. The highest BCUT2D eigenvalue weighted by molar-refractivity contribution is 8.13. The second kappa shape index (κ2) is 3.45. The Morgan fingerprint density at radius 2 is 2.33 bits per heavy atom. The maximum atomic E-state index is 10.6. The quantitative estimate of drug-likeness (QED) is 0.705. The first kappa shape index (κ1) is 9.54. The van der Waals surface area contributed by atoms with E-state index in [1.165, 1.54) is 0 Å². The van der Waals surface area contributed by atoms with Gasteiger partial charge in [0.2, 0.25) is 9.05 Å². The molecule has 0 saturated carbocycles. The Morgan fingerprint density at radius 1 is 1.67 bits per heavy atom. The Balaban J connectivity index is 2.78. The summed E-state index contributed by atoms with van der Waals surface area (Å²) in [6.45, 7) is 1.89. The van der Waals surface area contributed by atoms with E-state index in [1.807, 2.05) is 6.92 Å². The molecule has 1 aromatic heterocycles. The van der Waals surface area contributed by atoms with E-state index in [4.69, 9.17) is 15.2 Å². The fraction of sp³-hybridized carbons (Fsp3) is 0.500. The standard InChI is InChI=1S/C6H8ClNO3S/c1-2-6-3-5(8-11-6)4-12(7,9)10/h3H,2,4H2,1H3. The summed E-state index contributed by atoms with van der Waals surface area (Å²) >= 11 is 0. The van der Waals surface area contributed by atoms with Crippen LogP contribution in [0.3, 0.4) is 0 Å². The topological polar surface area (TPSA) is 60.2 Å². The minimum Gasteiger partial charge on any atom is -0.361 e. The number of halogens is 1. The number of nitrogens with zero attached hydrogens (tertiary/aromatic N) is 1. The second-order valence-corrected chi connectivity index (χ2v) is 5.10. The van der Waals surface area contributed by atoms with E-state index in [1.54, 1.807) is 6.07 Å². The van der Waals surface area contributed by atoms with Crippen LogP contribution in [0.2, 0.25) is 0 Å². The molecule has 1 aromatic rings. The van der Waals surface area contributed by atoms with Crippen molar-refractivity contribution in [1.29, 1.82) is 0 Å². The molecule has 6 heteroatoms. The van der Waals surface area contributed by atoms with E-state index in [9.17, 15) is 8.42 Å². The molecule has 0 atom stereocenters. The van der Waals surface area contributed by atoms with Gasteiger partial charge < -0.3 is 4.52 Å². The van der Waals surface area contributed by atoms with E-state index in [0.29, 0.717) is 17.9 Å². The van der Waals surface area contributed by atoms with Crippen molar-refractivity contribution in [2.75, 3.05) is 0 Å². The molecular weight excluding hydrogens is 202 g/mol. The highest BCUT2D eigenvalue weighted by atomic mass is 35.7. The van der Waals surface area contributed by atoms with Crippen molar-refractivity contribution >= 4 is 19.7 Å². The van der Waals surface area contributed by atoms with Gasteiger partial charge in [0.05, 0.1) is 0 Å². The van der Waals surface area contributed by atoms with Crippen molar-refractivity contribution < 1.29 is 12.9 Å². The third kappa shape index (κ3) is 2.83. The van der Waals surface area contributed by atoms with E-state index in [0.717, 1.165) is 0 Å². The van der Waals surface area contributed by atoms with Crippen LogP contribution in [0.15, 0.2) is 10.6 Å². The Morgan fingerprint density at radius 3 is 2.75 bits per heavy atom. The smallest absolute Gasteiger partial charge is 0.238 e. The zero-order valence-corrected chi connectivity index (χ0v) is 8.02. The van der Waals surface area contributed by atoms with Crippen LogP contribution in [0.1, 0.15) is 18.4 Å². The summed E-state index contributed by atoms with van der Waals surface area (Å²) in [5.74, 6) is 0.378. The molecule has 4 nitrogen and oxygen atoms in total. The molecule has 0 aliphatic heterocycles. The van der Waals surface area contributed by atoms with Crippen molar-refractivity contribution in [3.8, 4) is 0 Å². The van der Waals surface area contributed by atoms with Crippen molar-refractivity contribution in [2.45, 2.75) is 19.1 Å². The number of aryl methyl sites for hydroxylation is 1. The van der Waals surface area contributed by atoms with Gasteiger partial charge in [0.25, 0.3) is 0 Å². The van der Waals surface area contributed by atoms with Gasteiger partial charge in [-0.3, -0.25) is 0 Å². The second-order valence-electron chi connectivity index (χ2n) is 2.32. The summed E-state index contributed by atoms with van der Waals surface area (Å²) in [5.41, 5.74) is 0.349. The van der Waals surface area contributed by atoms with Crippen LogP contribution in [0, 0.1) is 0 Å². The van der Waals surface area contributed by atoms with Crippen LogP contribution >= 0.6 is 10.7 Å². The Hall–Kier alpha value is -0.550. The lowest BCUT2D eigenvalue weighted by Gasteiger charge is -1.86. The van der Waals surface area contributed by atoms with Crippen LogP contribution in [-0.2, 0) is 21.2 Å². The van der Waals surface area contributed by atoms with Gasteiger partial charge in [-0.2, -0.15) is 0 Å². The summed E-state index contributed by atoms with van der Waals surface area (Å²) in [7, 11) is 1.49. The fourth-order valence-electron chi connectivity index (χ4n) is 0.767. The SMILES string of the molecule is CCc1cc(CS(=O)(=O)Cl)no1. The minimum atomic E-state index is -3.52. The average Bonchev–Trinajstić information content (AvgIpc) is 2.32. The van der Waals surface area contributed by atoms with Crippen molar-refractivity contribution in [3.63, 3.8) is 0 Å². The van der Waals surface area contributed by atoms with Gasteiger partial charge in [-0.25, -0.2) is 8.42 Å². The summed E-state index contributed by atoms with van der Waals surface area (Å²) < 4.78 is 26.0. The lowest BCUT2D eigenvalue weighted by molar-refractivity contribution is 0.382. The first-order valence-corrected chi connectivity index (χ1v) is 5.86. The molecular formula is C6H8ClNO3S. The van der Waals surface area contributed by atoms with Crippen LogP contribution in [0.25, 0.3) is 0 Å². The zero-order chi connectivity index (χ0) is 9.19. The van der Waals surface area contributed by atoms with Gasteiger partial charge in [0.15, 0.2) is 0 Å². The molecule has 0 aliphatic rings. The lowest BCUT2D eigenvalue weighted by Crippen LogP contribution is -1.94. The third-order valence-electron chi connectivity index (χ3n) is 1.28. The maximum absolute atomic E-state index is 10.6. The Kier molecular flexibility index (Phi) is 2.74. The number of hydrogen-bond donors (Lipinski definition) is 0. The van der Waals surface area contributed by atoms with E-state index >= 15 is 0 Å². The van der Waals surface area contributed by atoms with Gasteiger partial charge >= 0.3 is 0 Å². The molecule has 0 spiro atoms. The molecule has 68 valence electrons. The van der Waals surface area contributed by atoms with Crippen LogP contribution in [0.4, 0.5) is 0 Å². The van der Waals surface area contributed by atoms with Crippen LogP contribution in [0.5, 0.6) is 0 Å². The largest absolute Gasteiger partial charge is 0.361 e. The summed E-state index contributed by atoms with van der Waals surface area (Å²) in [5, 5.41) is 3.53. The number of hydrogen-bond acceptors (Lipinski definition) is 4. The Labute approximate surface area is 74.9 Å². The van der Waals surface area contributed by atoms with E-state index in [2.05, 4.69) is 5.16 Å². The highest BCUT2D eigenvalue weighted by Gasteiger charge is 2.11. The maximum Gasteiger partial charge on any atom is 0.238 e. The normalized spacial score (nSPS) is 11.8. The van der Waals surface area contributed by atoms with Gasteiger partial charge in [-0.15, -0.1) is 0 Å². The van der Waals surface area contributed by atoms with Gasteiger partial charge in [0, 0.05) is 23.2 Å². The lowest BCUT2D eigenvalue weighted by atomic mass is 10.3. The summed E-state index contributed by atoms with van der Waals surface area (Å²) in [6.07, 6.45) is 0.690. The minimum absolute atomic E-state index is 0.280. The molecule has 0 fully saturated rings. The van der Waals surface area contributed by atoms with Crippen LogP contribution in [-0.4, -0.2) is 13.6 Å². The predicted octanol–water partition coefficient (Wildman–Crippen LogP) is 1.31. The summed E-state index contributed by atoms with van der Waals surface area (Å²) in [6, 6.07) is 1.58. The predicted molar refractivity (Wildman–Crippen MR) is 44.4 cm³/mol. The monoisotopic (exact) mass is 209 g/mol. The fourth-order valence-corrected chi connectivity index (χ4v) is 1.59. The molecule has 1 rings (SSSR count). The van der Waals surface area contributed by atoms with Gasteiger partial charge in [-0.1, -0.05) is 12.1 Å². The molecule has 0 radical (unpaired) electrons. The molecule has 1 heterocycles. The van der Waals surface area contributed by atoms with Gasteiger partial charge in [-0.05, 0) is 0 Å². The van der Waals surface area contributed by atoms with Crippen molar-refractivity contribution in [2.24, 2.45) is 0 Å². The van der Waals surface area contributed by atoms with Crippen molar-refractivity contribution in [3.05, 3.63) is 17.5 Å².